The van der Waals surface area contributed by atoms with Gasteiger partial charge in [-0.25, -0.2) is 0 Å². The van der Waals surface area contributed by atoms with Gasteiger partial charge in [-0.3, -0.25) is 9.59 Å². The van der Waals surface area contributed by atoms with E-state index in [2.05, 4.69) is 33.2 Å². The highest BCUT2D eigenvalue weighted by molar-refractivity contribution is 14.1. The zero-order valence-electron chi connectivity index (χ0n) is 9.79. The molecular formula is C12H15IN2O2. The molecule has 5 heteroatoms. The first kappa shape index (κ1) is 14.0. The van der Waals surface area contributed by atoms with Crippen LogP contribution in [0.25, 0.3) is 0 Å². The Kier molecular flexibility index (Phi) is 5.40. The molecule has 0 aromatic heterocycles. The summed E-state index contributed by atoms with van der Waals surface area (Å²) in [5.41, 5.74) is 0.943. The molecule has 2 amide bonds. The summed E-state index contributed by atoms with van der Waals surface area (Å²) in [7, 11) is 1.55. The predicted octanol–water partition coefficient (Wildman–Crippen LogP) is 1.08. The Balaban J connectivity index is 2.53. The number of benzene rings is 1. The Morgan fingerprint density at radius 2 is 2.12 bits per heavy atom. The molecular weight excluding hydrogens is 331 g/mol. The average Bonchev–Trinajstić information content (AvgIpc) is 2.27. The maximum Gasteiger partial charge on any atom is 0.242 e. The highest BCUT2D eigenvalue weighted by Crippen LogP contribution is 2.08. The largest absolute Gasteiger partial charge is 0.357 e. The second-order valence-corrected chi connectivity index (χ2v) is 4.96. The van der Waals surface area contributed by atoms with Gasteiger partial charge in [-0.05, 0) is 47.2 Å². The topological polar surface area (TPSA) is 58.2 Å². The molecule has 0 unspecified atom stereocenters. The minimum atomic E-state index is -0.504. The lowest BCUT2D eigenvalue weighted by Crippen LogP contribution is -2.44. The summed E-state index contributed by atoms with van der Waals surface area (Å²) in [6.07, 6.45) is 0.290. The van der Waals surface area contributed by atoms with E-state index in [-0.39, 0.29) is 18.2 Å². The molecule has 0 aliphatic heterocycles. The fourth-order valence-corrected chi connectivity index (χ4v) is 2.01. The van der Waals surface area contributed by atoms with E-state index in [9.17, 15) is 9.59 Å². The van der Waals surface area contributed by atoms with Crippen LogP contribution >= 0.6 is 22.6 Å². The number of hydrogen-bond donors (Lipinski definition) is 2. The van der Waals surface area contributed by atoms with Gasteiger partial charge in [-0.2, -0.15) is 0 Å². The van der Waals surface area contributed by atoms with Gasteiger partial charge in [0, 0.05) is 10.6 Å². The van der Waals surface area contributed by atoms with Crippen molar-refractivity contribution in [1.29, 1.82) is 0 Å². The van der Waals surface area contributed by atoms with Gasteiger partial charge >= 0.3 is 0 Å². The van der Waals surface area contributed by atoms with Crippen molar-refractivity contribution in [2.45, 2.75) is 19.4 Å². The molecule has 1 rings (SSSR count). The number of hydrogen-bond acceptors (Lipinski definition) is 2. The van der Waals surface area contributed by atoms with E-state index in [0.29, 0.717) is 0 Å². The van der Waals surface area contributed by atoms with E-state index in [0.717, 1.165) is 9.13 Å². The van der Waals surface area contributed by atoms with Gasteiger partial charge < -0.3 is 10.6 Å². The first-order chi connectivity index (χ1) is 8.02. The Morgan fingerprint density at radius 3 is 2.71 bits per heavy atom. The molecule has 0 saturated carbocycles. The number of likely N-dealkylation sites (N-methyl/N-ethyl adjacent to an activating group) is 1. The molecule has 92 valence electrons. The van der Waals surface area contributed by atoms with Crippen LogP contribution in [-0.4, -0.2) is 24.9 Å². The van der Waals surface area contributed by atoms with Gasteiger partial charge in [0.05, 0.1) is 6.42 Å². The molecule has 1 aromatic carbocycles. The molecule has 1 atom stereocenters. The van der Waals surface area contributed by atoms with E-state index >= 15 is 0 Å². The van der Waals surface area contributed by atoms with Gasteiger partial charge in [0.25, 0.3) is 0 Å². The van der Waals surface area contributed by atoms with Gasteiger partial charge in [0.2, 0.25) is 11.8 Å². The fraction of sp³-hybridized carbons (Fsp3) is 0.333. The summed E-state index contributed by atoms with van der Waals surface area (Å²) in [6.45, 7) is 1.66. The quantitative estimate of drug-likeness (QED) is 0.802. The van der Waals surface area contributed by atoms with Crippen molar-refractivity contribution in [2.24, 2.45) is 0 Å². The Morgan fingerprint density at radius 1 is 1.41 bits per heavy atom. The van der Waals surface area contributed by atoms with Crippen molar-refractivity contribution in [3.8, 4) is 0 Å². The van der Waals surface area contributed by atoms with Crippen molar-refractivity contribution >= 4 is 34.4 Å². The van der Waals surface area contributed by atoms with Gasteiger partial charge in [0.15, 0.2) is 0 Å². The van der Waals surface area contributed by atoms with Crippen LogP contribution in [0.4, 0.5) is 0 Å². The van der Waals surface area contributed by atoms with E-state index < -0.39 is 6.04 Å². The molecule has 0 spiro atoms. The Labute approximate surface area is 114 Å². The van der Waals surface area contributed by atoms with Crippen LogP contribution in [0.15, 0.2) is 24.3 Å². The van der Waals surface area contributed by atoms with Crippen LogP contribution in [0.5, 0.6) is 0 Å². The maximum atomic E-state index is 11.7. The zero-order chi connectivity index (χ0) is 12.8. The van der Waals surface area contributed by atoms with E-state index in [1.807, 2.05) is 24.3 Å². The third-order valence-corrected chi connectivity index (χ3v) is 2.94. The molecule has 0 radical (unpaired) electrons. The van der Waals surface area contributed by atoms with Crippen LogP contribution in [0, 0.1) is 3.57 Å². The molecule has 0 aliphatic rings. The maximum absolute atomic E-state index is 11.7. The molecule has 0 fully saturated rings. The molecule has 1 aromatic rings. The van der Waals surface area contributed by atoms with Crippen LogP contribution in [-0.2, 0) is 16.0 Å². The van der Waals surface area contributed by atoms with Crippen LogP contribution in [0.3, 0.4) is 0 Å². The second-order valence-electron chi connectivity index (χ2n) is 3.71. The fourth-order valence-electron chi connectivity index (χ4n) is 1.41. The summed E-state index contributed by atoms with van der Waals surface area (Å²) < 4.78 is 1.09. The molecule has 0 saturated heterocycles. The van der Waals surface area contributed by atoms with Crippen molar-refractivity contribution < 1.29 is 9.59 Å². The van der Waals surface area contributed by atoms with E-state index in [1.165, 1.54) is 0 Å². The number of rotatable bonds is 4. The number of nitrogens with one attached hydrogen (secondary N) is 2. The van der Waals surface area contributed by atoms with Crippen molar-refractivity contribution in [3.63, 3.8) is 0 Å². The monoisotopic (exact) mass is 346 g/mol. The van der Waals surface area contributed by atoms with Crippen LogP contribution in [0.2, 0.25) is 0 Å². The minimum Gasteiger partial charge on any atom is -0.357 e. The zero-order valence-corrected chi connectivity index (χ0v) is 11.9. The molecule has 0 bridgehead atoms. The molecule has 2 N–H and O–H groups in total. The third-order valence-electron chi connectivity index (χ3n) is 2.27. The summed E-state index contributed by atoms with van der Waals surface area (Å²) in [6, 6.07) is 7.22. The summed E-state index contributed by atoms with van der Waals surface area (Å²) in [5.74, 6) is -0.343. The van der Waals surface area contributed by atoms with E-state index in [1.54, 1.807) is 14.0 Å². The minimum absolute atomic E-state index is 0.150. The van der Waals surface area contributed by atoms with Crippen molar-refractivity contribution in [3.05, 3.63) is 33.4 Å². The first-order valence-electron chi connectivity index (χ1n) is 5.28. The van der Waals surface area contributed by atoms with Crippen LogP contribution < -0.4 is 10.6 Å². The second kappa shape index (κ2) is 6.58. The number of carbonyl (C=O) groups is 2. The number of amides is 2. The predicted molar refractivity (Wildman–Crippen MR) is 74.5 cm³/mol. The lowest BCUT2D eigenvalue weighted by molar-refractivity contribution is -0.128. The SMILES string of the molecule is CNC(=O)[C@@H](C)NC(=O)Cc1cccc(I)c1. The van der Waals surface area contributed by atoms with Crippen LogP contribution in [0.1, 0.15) is 12.5 Å². The summed E-state index contributed by atoms with van der Waals surface area (Å²) >= 11 is 2.20. The summed E-state index contributed by atoms with van der Waals surface area (Å²) in [5, 5.41) is 5.13. The van der Waals surface area contributed by atoms with Crippen molar-refractivity contribution in [1.82, 2.24) is 10.6 Å². The number of halogens is 1. The Hall–Kier alpha value is -1.11. The molecule has 4 nitrogen and oxygen atoms in total. The number of carbonyl (C=O) groups excluding carboxylic acids is 2. The first-order valence-corrected chi connectivity index (χ1v) is 6.36. The Bertz CT molecular complexity index is 421. The van der Waals surface area contributed by atoms with Crippen molar-refractivity contribution in [2.75, 3.05) is 7.05 Å². The normalized spacial score (nSPS) is 11.7. The highest BCUT2D eigenvalue weighted by atomic mass is 127. The standard InChI is InChI=1S/C12H15IN2O2/c1-8(12(17)14-2)15-11(16)7-9-4-3-5-10(13)6-9/h3-6,8H,7H2,1-2H3,(H,14,17)(H,15,16)/t8-/m1/s1. The van der Waals surface area contributed by atoms with Gasteiger partial charge in [0.1, 0.15) is 6.04 Å². The molecule has 17 heavy (non-hydrogen) atoms. The molecule has 0 heterocycles. The van der Waals surface area contributed by atoms with E-state index in [4.69, 9.17) is 0 Å². The third kappa shape index (κ3) is 4.72. The van der Waals surface area contributed by atoms with Gasteiger partial charge in [-0.15, -0.1) is 0 Å². The lowest BCUT2D eigenvalue weighted by atomic mass is 10.1. The molecule has 0 aliphatic carbocycles. The van der Waals surface area contributed by atoms with Gasteiger partial charge in [-0.1, -0.05) is 12.1 Å². The summed E-state index contributed by atoms with van der Waals surface area (Å²) in [4.78, 5) is 22.9. The lowest BCUT2D eigenvalue weighted by Gasteiger charge is -2.12. The smallest absolute Gasteiger partial charge is 0.242 e. The average molecular weight is 346 g/mol. The highest BCUT2D eigenvalue weighted by Gasteiger charge is 2.13.